The quantitative estimate of drug-likeness (QED) is 0.911. The van der Waals surface area contributed by atoms with Crippen LogP contribution >= 0.6 is 11.3 Å². The van der Waals surface area contributed by atoms with Gasteiger partial charge in [-0.1, -0.05) is 12.1 Å². The van der Waals surface area contributed by atoms with E-state index in [-0.39, 0.29) is 0 Å². The molecule has 104 valence electrons. The topological polar surface area (TPSA) is 47.3 Å². The van der Waals surface area contributed by atoms with Gasteiger partial charge in [-0.15, -0.1) is 11.3 Å². The molecule has 0 aliphatic carbocycles. The lowest BCUT2D eigenvalue weighted by atomic mass is 10.0. The van der Waals surface area contributed by atoms with Crippen molar-refractivity contribution in [2.24, 2.45) is 0 Å². The van der Waals surface area contributed by atoms with E-state index in [0.717, 1.165) is 24.3 Å². The molecule has 2 aromatic rings. The smallest absolute Gasteiger partial charge is 0.0992 e. The molecule has 0 aliphatic rings. The van der Waals surface area contributed by atoms with Gasteiger partial charge in [-0.2, -0.15) is 5.26 Å². The normalized spacial score (nSPS) is 11.9. The molecule has 1 aromatic heterocycles. The second-order valence-electron chi connectivity index (χ2n) is 4.65. The first-order valence-corrected chi connectivity index (χ1v) is 7.53. The molecule has 0 unspecified atom stereocenters. The van der Waals surface area contributed by atoms with Crippen molar-refractivity contribution in [3.63, 3.8) is 0 Å². The minimum absolute atomic E-state index is 0.546. The van der Waals surface area contributed by atoms with Crippen LogP contribution in [0, 0.1) is 11.3 Å². The number of benzene rings is 1. The minimum Gasteiger partial charge on any atom is -0.389 e. The minimum atomic E-state index is -0.546. The molecule has 0 saturated carbocycles. The van der Waals surface area contributed by atoms with Crippen LogP contribution in [0.15, 0.2) is 35.7 Å². The number of hydrogen-bond donors (Lipinski definition) is 1. The summed E-state index contributed by atoms with van der Waals surface area (Å²) in [5.41, 5.74) is 2.42. The monoisotopic (exact) mass is 286 g/mol. The van der Waals surface area contributed by atoms with Crippen LogP contribution in [-0.4, -0.2) is 11.7 Å². The predicted octanol–water partition coefficient (Wildman–Crippen LogP) is 3.70. The fraction of sp³-hybridized carbons (Fsp3) is 0.312. The van der Waals surface area contributed by atoms with Gasteiger partial charge in [-0.25, -0.2) is 0 Å². The summed E-state index contributed by atoms with van der Waals surface area (Å²) in [5, 5.41) is 21.1. The number of nitrogens with zero attached hydrogens (tertiary/aromatic N) is 2. The molecule has 1 atom stereocenters. The Kier molecular flexibility index (Phi) is 4.78. The molecule has 4 heteroatoms. The average Bonchev–Trinajstić information content (AvgIpc) is 2.97. The summed E-state index contributed by atoms with van der Waals surface area (Å²) in [7, 11) is 0. The first kappa shape index (κ1) is 14.6. The van der Waals surface area contributed by atoms with Gasteiger partial charge in [0.15, 0.2) is 0 Å². The van der Waals surface area contributed by atoms with Crippen LogP contribution < -0.4 is 4.90 Å². The summed E-state index contributed by atoms with van der Waals surface area (Å²) < 4.78 is 0. The van der Waals surface area contributed by atoms with Crippen LogP contribution in [0.2, 0.25) is 0 Å². The highest BCUT2D eigenvalue weighted by atomic mass is 32.1. The Balaban J connectivity index is 2.39. The molecule has 0 radical (unpaired) electrons. The second kappa shape index (κ2) is 6.56. The molecule has 1 heterocycles. The summed E-state index contributed by atoms with van der Waals surface area (Å²) >= 11 is 1.72. The summed E-state index contributed by atoms with van der Waals surface area (Å²) in [6.07, 6.45) is -0.546. The number of hydrogen-bond acceptors (Lipinski definition) is 4. The van der Waals surface area contributed by atoms with Crippen LogP contribution in [-0.2, 0) is 6.54 Å². The highest BCUT2D eigenvalue weighted by Crippen LogP contribution is 2.29. The van der Waals surface area contributed by atoms with Crippen LogP contribution in [0.3, 0.4) is 0 Å². The Morgan fingerprint density at radius 2 is 2.20 bits per heavy atom. The fourth-order valence-corrected chi connectivity index (χ4v) is 2.92. The van der Waals surface area contributed by atoms with Crippen molar-refractivity contribution in [2.75, 3.05) is 11.4 Å². The zero-order valence-corrected chi connectivity index (χ0v) is 12.5. The molecule has 3 nitrogen and oxygen atoms in total. The third-order valence-corrected chi connectivity index (χ3v) is 4.12. The predicted molar refractivity (Wildman–Crippen MR) is 82.8 cm³/mol. The molecule has 0 aliphatic heterocycles. The molecule has 20 heavy (non-hydrogen) atoms. The molecular weight excluding hydrogens is 268 g/mol. The Labute approximate surface area is 123 Å². The number of rotatable bonds is 5. The maximum atomic E-state index is 9.93. The van der Waals surface area contributed by atoms with Crippen molar-refractivity contribution in [2.45, 2.75) is 26.5 Å². The lowest BCUT2D eigenvalue weighted by molar-refractivity contribution is 0.199. The van der Waals surface area contributed by atoms with Crippen LogP contribution in [0.1, 0.15) is 36.0 Å². The number of nitriles is 1. The number of aliphatic hydroxyl groups is 1. The van der Waals surface area contributed by atoms with Gasteiger partial charge in [0, 0.05) is 22.7 Å². The third kappa shape index (κ3) is 3.19. The van der Waals surface area contributed by atoms with Gasteiger partial charge in [0.05, 0.1) is 24.3 Å². The summed E-state index contributed by atoms with van der Waals surface area (Å²) in [6, 6.07) is 11.8. The van der Waals surface area contributed by atoms with Gasteiger partial charge in [0.2, 0.25) is 0 Å². The van der Waals surface area contributed by atoms with Crippen molar-refractivity contribution in [3.05, 3.63) is 51.7 Å². The second-order valence-corrected chi connectivity index (χ2v) is 5.69. The van der Waals surface area contributed by atoms with E-state index in [1.54, 1.807) is 24.3 Å². The SMILES string of the molecule is CCN(Cc1cccs1)c1cc(C#N)ccc1[C@H](C)O. The molecular formula is C16H18N2OS. The summed E-state index contributed by atoms with van der Waals surface area (Å²) in [6.45, 7) is 5.46. The summed E-state index contributed by atoms with van der Waals surface area (Å²) in [4.78, 5) is 3.46. The van der Waals surface area contributed by atoms with Crippen molar-refractivity contribution in [1.82, 2.24) is 0 Å². The van der Waals surface area contributed by atoms with E-state index in [1.165, 1.54) is 4.88 Å². The standard InChI is InChI=1S/C16H18N2OS/c1-3-18(11-14-5-4-8-20-14)16-9-13(10-17)6-7-15(16)12(2)19/h4-9,12,19H,3,11H2,1-2H3/t12-/m0/s1. The number of anilines is 1. The zero-order chi connectivity index (χ0) is 14.5. The zero-order valence-electron chi connectivity index (χ0n) is 11.7. The molecule has 0 fully saturated rings. The van der Waals surface area contributed by atoms with Gasteiger partial charge >= 0.3 is 0 Å². The first-order valence-electron chi connectivity index (χ1n) is 6.65. The largest absolute Gasteiger partial charge is 0.389 e. The maximum Gasteiger partial charge on any atom is 0.0992 e. The van der Waals surface area contributed by atoms with Crippen molar-refractivity contribution in [1.29, 1.82) is 5.26 Å². The van der Waals surface area contributed by atoms with Gasteiger partial charge in [0.1, 0.15) is 0 Å². The molecule has 0 amide bonds. The van der Waals surface area contributed by atoms with E-state index in [4.69, 9.17) is 5.26 Å². The van der Waals surface area contributed by atoms with E-state index in [2.05, 4.69) is 29.3 Å². The van der Waals surface area contributed by atoms with Crippen molar-refractivity contribution < 1.29 is 5.11 Å². The van der Waals surface area contributed by atoms with Crippen LogP contribution in [0.5, 0.6) is 0 Å². The molecule has 0 saturated heterocycles. The Morgan fingerprint density at radius 3 is 2.75 bits per heavy atom. The van der Waals surface area contributed by atoms with Crippen molar-refractivity contribution >= 4 is 17.0 Å². The van der Waals surface area contributed by atoms with Gasteiger partial charge in [0.25, 0.3) is 0 Å². The van der Waals surface area contributed by atoms with Crippen LogP contribution in [0.25, 0.3) is 0 Å². The van der Waals surface area contributed by atoms with E-state index in [9.17, 15) is 5.11 Å². The van der Waals surface area contributed by atoms with Crippen LogP contribution in [0.4, 0.5) is 5.69 Å². The first-order chi connectivity index (χ1) is 9.65. The summed E-state index contributed by atoms with van der Waals surface area (Å²) in [5.74, 6) is 0. The highest BCUT2D eigenvalue weighted by Gasteiger charge is 2.15. The fourth-order valence-electron chi connectivity index (χ4n) is 2.20. The molecule has 1 N–H and O–H groups in total. The molecule has 2 rings (SSSR count). The molecule has 1 aromatic carbocycles. The Hall–Kier alpha value is -1.83. The highest BCUT2D eigenvalue weighted by molar-refractivity contribution is 7.09. The number of thiophene rings is 1. The lowest BCUT2D eigenvalue weighted by Crippen LogP contribution is -2.23. The van der Waals surface area contributed by atoms with Gasteiger partial charge in [-0.3, -0.25) is 0 Å². The third-order valence-electron chi connectivity index (χ3n) is 3.26. The van der Waals surface area contributed by atoms with Gasteiger partial charge in [-0.05, 0) is 37.4 Å². The Morgan fingerprint density at radius 1 is 1.40 bits per heavy atom. The maximum absolute atomic E-state index is 9.93. The van der Waals surface area contributed by atoms with E-state index in [1.807, 2.05) is 18.2 Å². The van der Waals surface area contributed by atoms with E-state index >= 15 is 0 Å². The average molecular weight is 286 g/mol. The molecule has 0 bridgehead atoms. The van der Waals surface area contributed by atoms with E-state index < -0.39 is 6.10 Å². The van der Waals surface area contributed by atoms with Gasteiger partial charge < -0.3 is 10.0 Å². The number of aliphatic hydroxyl groups excluding tert-OH is 1. The molecule has 0 spiro atoms. The van der Waals surface area contributed by atoms with E-state index in [0.29, 0.717) is 5.56 Å². The Bertz CT molecular complexity index is 599. The van der Waals surface area contributed by atoms with Crippen molar-refractivity contribution in [3.8, 4) is 6.07 Å². The lowest BCUT2D eigenvalue weighted by Gasteiger charge is -2.26.